The van der Waals surface area contributed by atoms with E-state index in [-0.39, 0.29) is 17.2 Å². The highest BCUT2D eigenvalue weighted by Crippen LogP contribution is 2.18. The summed E-state index contributed by atoms with van der Waals surface area (Å²) in [6, 6.07) is 12.0. The van der Waals surface area contributed by atoms with Gasteiger partial charge in [-0.3, -0.25) is 9.59 Å². The summed E-state index contributed by atoms with van der Waals surface area (Å²) in [7, 11) is 0. The predicted octanol–water partition coefficient (Wildman–Crippen LogP) is 2.24. The molecule has 0 saturated heterocycles. The van der Waals surface area contributed by atoms with Crippen LogP contribution in [0.5, 0.6) is 5.88 Å². The molecule has 0 aliphatic heterocycles. The van der Waals surface area contributed by atoms with Crippen LogP contribution in [0.4, 0.5) is 0 Å². The number of aromatic nitrogens is 1. The highest BCUT2D eigenvalue weighted by molar-refractivity contribution is 6.10. The normalized spacial score (nSPS) is 9.83. The molecule has 2 aromatic rings. The second kappa shape index (κ2) is 5.23. The fraction of sp³-hybridized carbons (Fsp3) is 0.0714. The molecule has 0 bridgehead atoms. The highest BCUT2D eigenvalue weighted by atomic mass is 16.5. The summed E-state index contributed by atoms with van der Waals surface area (Å²) in [5, 5.41) is 0. The second-order valence-electron chi connectivity index (χ2n) is 3.64. The molecule has 1 heterocycles. The lowest BCUT2D eigenvalue weighted by atomic mass is 10.0. The van der Waals surface area contributed by atoms with Crippen molar-refractivity contribution in [2.75, 3.05) is 0 Å². The number of esters is 1. The summed E-state index contributed by atoms with van der Waals surface area (Å²) in [4.78, 5) is 27.1. The summed E-state index contributed by atoms with van der Waals surface area (Å²) < 4.78 is 4.92. The maximum absolute atomic E-state index is 12.2. The number of carbonyl (C=O) groups is 2. The minimum absolute atomic E-state index is 0.0406. The van der Waals surface area contributed by atoms with Gasteiger partial charge in [-0.2, -0.15) is 0 Å². The van der Waals surface area contributed by atoms with Crippen LogP contribution in [0.1, 0.15) is 22.8 Å². The number of rotatable bonds is 3. The molecule has 0 aliphatic rings. The van der Waals surface area contributed by atoms with Gasteiger partial charge in [-0.1, -0.05) is 30.3 Å². The van der Waals surface area contributed by atoms with Crippen LogP contribution in [-0.2, 0) is 4.79 Å². The molecule has 90 valence electrons. The highest BCUT2D eigenvalue weighted by Gasteiger charge is 2.16. The molecule has 0 aliphatic carbocycles. The van der Waals surface area contributed by atoms with Crippen molar-refractivity contribution in [3.63, 3.8) is 0 Å². The van der Waals surface area contributed by atoms with Crippen LogP contribution in [0.25, 0.3) is 0 Å². The molecule has 0 spiro atoms. The van der Waals surface area contributed by atoms with Crippen LogP contribution in [0, 0.1) is 0 Å². The van der Waals surface area contributed by atoms with E-state index >= 15 is 0 Å². The number of carbonyl (C=O) groups excluding carboxylic acids is 2. The maximum Gasteiger partial charge on any atom is 0.309 e. The van der Waals surface area contributed by atoms with Crippen LogP contribution in [0.15, 0.2) is 48.7 Å². The number of ether oxygens (including phenoxy) is 1. The molecule has 0 fully saturated rings. The third kappa shape index (κ3) is 2.60. The van der Waals surface area contributed by atoms with Gasteiger partial charge in [0, 0.05) is 18.7 Å². The molecule has 18 heavy (non-hydrogen) atoms. The maximum atomic E-state index is 12.2. The van der Waals surface area contributed by atoms with E-state index in [4.69, 9.17) is 4.74 Å². The number of pyridine rings is 1. The van der Waals surface area contributed by atoms with E-state index in [1.807, 2.05) is 6.07 Å². The van der Waals surface area contributed by atoms with Gasteiger partial charge < -0.3 is 4.74 Å². The van der Waals surface area contributed by atoms with E-state index in [1.165, 1.54) is 13.1 Å². The average Bonchev–Trinajstić information content (AvgIpc) is 2.39. The molecule has 1 aromatic heterocycles. The summed E-state index contributed by atoms with van der Waals surface area (Å²) in [5.74, 6) is -0.686. The Hall–Kier alpha value is -2.49. The molecule has 2 rings (SSSR count). The molecule has 4 heteroatoms. The van der Waals surface area contributed by atoms with E-state index in [1.54, 1.807) is 36.4 Å². The van der Waals surface area contributed by atoms with Gasteiger partial charge in [0.05, 0.1) is 5.56 Å². The smallest absolute Gasteiger partial charge is 0.309 e. The summed E-state index contributed by atoms with van der Waals surface area (Å²) in [5.41, 5.74) is 0.804. The fourth-order valence-corrected chi connectivity index (χ4v) is 1.53. The number of nitrogens with zero attached hydrogens (tertiary/aromatic N) is 1. The summed E-state index contributed by atoms with van der Waals surface area (Å²) in [6.07, 6.45) is 1.47. The van der Waals surface area contributed by atoms with Crippen molar-refractivity contribution in [2.45, 2.75) is 6.92 Å². The summed E-state index contributed by atoms with van der Waals surface area (Å²) in [6.45, 7) is 1.27. The Morgan fingerprint density at radius 1 is 1.06 bits per heavy atom. The van der Waals surface area contributed by atoms with Crippen LogP contribution in [0.3, 0.4) is 0 Å². The molecule has 0 amide bonds. The number of hydrogen-bond donors (Lipinski definition) is 0. The minimum Gasteiger partial charge on any atom is -0.407 e. The van der Waals surface area contributed by atoms with Gasteiger partial charge in [0.1, 0.15) is 0 Å². The standard InChI is InChI=1S/C14H11NO3/c1-10(16)18-14-12(8-5-9-15-14)13(17)11-6-3-2-4-7-11/h2-9H,1H3. The Morgan fingerprint density at radius 3 is 2.44 bits per heavy atom. The number of benzene rings is 1. The van der Waals surface area contributed by atoms with Gasteiger partial charge in [-0.25, -0.2) is 4.98 Å². The van der Waals surface area contributed by atoms with Crippen LogP contribution in [0.2, 0.25) is 0 Å². The van der Waals surface area contributed by atoms with E-state index < -0.39 is 5.97 Å². The molecule has 4 nitrogen and oxygen atoms in total. The Labute approximate surface area is 104 Å². The number of hydrogen-bond acceptors (Lipinski definition) is 4. The minimum atomic E-state index is -0.504. The van der Waals surface area contributed by atoms with Crippen molar-refractivity contribution >= 4 is 11.8 Å². The van der Waals surface area contributed by atoms with Gasteiger partial charge in [0.2, 0.25) is 5.88 Å². The van der Waals surface area contributed by atoms with Crippen molar-refractivity contribution in [3.8, 4) is 5.88 Å². The monoisotopic (exact) mass is 241 g/mol. The average molecular weight is 241 g/mol. The van der Waals surface area contributed by atoms with Gasteiger partial charge in [-0.05, 0) is 12.1 Å². The fourth-order valence-electron chi connectivity index (χ4n) is 1.53. The Bertz CT molecular complexity index is 579. The third-order valence-corrected chi connectivity index (χ3v) is 2.29. The molecule has 0 unspecified atom stereocenters. The van der Waals surface area contributed by atoms with Gasteiger partial charge in [-0.15, -0.1) is 0 Å². The first-order valence-corrected chi connectivity index (χ1v) is 5.41. The van der Waals surface area contributed by atoms with Gasteiger partial charge >= 0.3 is 5.97 Å². The zero-order valence-corrected chi connectivity index (χ0v) is 9.79. The molecule has 0 saturated carbocycles. The Balaban J connectivity index is 2.39. The quantitative estimate of drug-likeness (QED) is 0.610. The lowest BCUT2D eigenvalue weighted by Gasteiger charge is -2.06. The molecule has 1 aromatic carbocycles. The van der Waals surface area contributed by atoms with Gasteiger partial charge in [0.25, 0.3) is 0 Å². The van der Waals surface area contributed by atoms with Crippen molar-refractivity contribution in [3.05, 3.63) is 59.8 Å². The van der Waals surface area contributed by atoms with E-state index in [0.29, 0.717) is 5.56 Å². The molecule has 0 N–H and O–H groups in total. The van der Waals surface area contributed by atoms with Crippen LogP contribution >= 0.6 is 0 Å². The van der Waals surface area contributed by atoms with Crippen LogP contribution in [-0.4, -0.2) is 16.7 Å². The third-order valence-electron chi connectivity index (χ3n) is 2.29. The summed E-state index contributed by atoms with van der Waals surface area (Å²) >= 11 is 0. The first-order valence-electron chi connectivity index (χ1n) is 5.41. The lowest BCUT2D eigenvalue weighted by molar-refractivity contribution is -0.132. The van der Waals surface area contributed by atoms with E-state index in [0.717, 1.165) is 0 Å². The first-order chi connectivity index (χ1) is 8.68. The van der Waals surface area contributed by atoms with Crippen molar-refractivity contribution in [1.82, 2.24) is 4.98 Å². The van der Waals surface area contributed by atoms with Crippen molar-refractivity contribution in [1.29, 1.82) is 0 Å². The van der Waals surface area contributed by atoms with E-state index in [2.05, 4.69) is 4.98 Å². The second-order valence-corrected chi connectivity index (χ2v) is 3.64. The first kappa shape index (κ1) is 12.0. The SMILES string of the molecule is CC(=O)Oc1ncccc1C(=O)c1ccccc1. The predicted molar refractivity (Wildman–Crippen MR) is 65.4 cm³/mol. The molecule has 0 atom stereocenters. The number of ketones is 1. The van der Waals surface area contributed by atoms with Gasteiger partial charge in [0.15, 0.2) is 5.78 Å². The largest absolute Gasteiger partial charge is 0.407 e. The van der Waals surface area contributed by atoms with E-state index in [9.17, 15) is 9.59 Å². The molecular formula is C14H11NO3. The topological polar surface area (TPSA) is 56.3 Å². The molecule has 0 radical (unpaired) electrons. The van der Waals surface area contributed by atoms with Crippen molar-refractivity contribution in [2.24, 2.45) is 0 Å². The van der Waals surface area contributed by atoms with Crippen molar-refractivity contribution < 1.29 is 14.3 Å². The zero-order valence-electron chi connectivity index (χ0n) is 9.79. The zero-order chi connectivity index (χ0) is 13.0. The Morgan fingerprint density at radius 2 is 1.78 bits per heavy atom. The molecular weight excluding hydrogens is 230 g/mol. The van der Waals surface area contributed by atoms with Crippen LogP contribution < -0.4 is 4.74 Å². The Kier molecular flexibility index (Phi) is 3.48. The lowest BCUT2D eigenvalue weighted by Crippen LogP contribution is -2.09.